The molecule has 0 aliphatic heterocycles. The van der Waals surface area contributed by atoms with Gasteiger partial charge in [0.2, 0.25) is 0 Å². The summed E-state index contributed by atoms with van der Waals surface area (Å²) in [5, 5.41) is 0. The van der Waals surface area contributed by atoms with Gasteiger partial charge in [-0.3, -0.25) is 4.90 Å². The van der Waals surface area contributed by atoms with Gasteiger partial charge in [-0.15, -0.1) is 0 Å². The third-order valence-corrected chi connectivity index (χ3v) is 4.16. The van der Waals surface area contributed by atoms with E-state index in [1.807, 2.05) is 0 Å². The molecular weight excluding hydrogens is 244 g/mol. The first-order chi connectivity index (χ1) is 9.45. The molecule has 0 bridgehead atoms. The first kappa shape index (κ1) is 15.5. The van der Waals surface area contributed by atoms with Crippen LogP contribution in [0.4, 0.5) is 0 Å². The molecule has 0 radical (unpaired) electrons. The summed E-state index contributed by atoms with van der Waals surface area (Å²) >= 11 is 0. The van der Waals surface area contributed by atoms with Crippen molar-refractivity contribution in [2.75, 3.05) is 13.1 Å². The Morgan fingerprint density at radius 1 is 1.15 bits per heavy atom. The summed E-state index contributed by atoms with van der Waals surface area (Å²) in [5.41, 5.74) is 10.4. The van der Waals surface area contributed by atoms with Gasteiger partial charge in [0.25, 0.3) is 0 Å². The van der Waals surface area contributed by atoms with E-state index in [2.05, 4.69) is 50.8 Å². The Hall–Kier alpha value is -0.860. The van der Waals surface area contributed by atoms with Crippen LogP contribution < -0.4 is 5.73 Å². The predicted octanol–water partition coefficient (Wildman–Crippen LogP) is 3.81. The Bertz CT molecular complexity index is 415. The second-order valence-corrected chi connectivity index (χ2v) is 6.94. The molecule has 1 aliphatic rings. The van der Waals surface area contributed by atoms with E-state index in [-0.39, 0.29) is 6.04 Å². The highest BCUT2D eigenvalue weighted by atomic mass is 15.2. The molecule has 1 atom stereocenters. The molecule has 1 aromatic carbocycles. The third kappa shape index (κ3) is 4.60. The fourth-order valence-corrected chi connectivity index (χ4v) is 2.87. The molecule has 20 heavy (non-hydrogen) atoms. The van der Waals surface area contributed by atoms with Gasteiger partial charge in [0.15, 0.2) is 0 Å². The zero-order valence-electron chi connectivity index (χ0n) is 13.5. The van der Waals surface area contributed by atoms with Gasteiger partial charge in [0, 0.05) is 18.6 Å². The maximum Gasteiger partial charge on any atom is 0.0424 e. The van der Waals surface area contributed by atoms with E-state index >= 15 is 0 Å². The van der Waals surface area contributed by atoms with Gasteiger partial charge in [-0.25, -0.2) is 0 Å². The van der Waals surface area contributed by atoms with Gasteiger partial charge >= 0.3 is 0 Å². The summed E-state index contributed by atoms with van der Waals surface area (Å²) < 4.78 is 0. The molecule has 1 fully saturated rings. The van der Waals surface area contributed by atoms with Gasteiger partial charge in [-0.05, 0) is 51.1 Å². The minimum Gasteiger partial charge on any atom is -0.323 e. The molecule has 1 unspecified atom stereocenters. The topological polar surface area (TPSA) is 29.3 Å². The molecule has 2 rings (SSSR count). The second-order valence-electron chi connectivity index (χ2n) is 6.94. The lowest BCUT2D eigenvalue weighted by Crippen LogP contribution is -2.35. The van der Waals surface area contributed by atoms with Gasteiger partial charge in [0.1, 0.15) is 0 Å². The van der Waals surface area contributed by atoms with Gasteiger partial charge in [-0.2, -0.15) is 0 Å². The molecule has 2 N–H and O–H groups in total. The maximum absolute atomic E-state index is 6.46. The van der Waals surface area contributed by atoms with Crippen molar-refractivity contribution in [3.8, 4) is 0 Å². The SMILES string of the molecule is Cc1cc(C)cc(C(N)CN(CCC(C)C)C2CC2)c1. The molecule has 0 spiro atoms. The number of hydrogen-bond donors (Lipinski definition) is 1. The molecule has 112 valence electrons. The van der Waals surface area contributed by atoms with Crippen molar-refractivity contribution in [2.45, 2.75) is 59.0 Å². The second kappa shape index (κ2) is 6.73. The van der Waals surface area contributed by atoms with Gasteiger partial charge in [0.05, 0.1) is 0 Å². The monoisotopic (exact) mass is 274 g/mol. The van der Waals surface area contributed by atoms with E-state index in [9.17, 15) is 0 Å². The van der Waals surface area contributed by atoms with Crippen molar-refractivity contribution >= 4 is 0 Å². The van der Waals surface area contributed by atoms with Crippen LogP contribution in [0, 0.1) is 19.8 Å². The van der Waals surface area contributed by atoms with Crippen LogP contribution in [0.3, 0.4) is 0 Å². The van der Waals surface area contributed by atoms with Crippen LogP contribution in [-0.4, -0.2) is 24.0 Å². The maximum atomic E-state index is 6.46. The lowest BCUT2D eigenvalue weighted by atomic mass is 10.0. The lowest BCUT2D eigenvalue weighted by Gasteiger charge is -2.26. The molecular formula is C18H30N2. The Morgan fingerprint density at radius 2 is 1.75 bits per heavy atom. The first-order valence-electron chi connectivity index (χ1n) is 8.03. The van der Waals surface area contributed by atoms with Crippen molar-refractivity contribution in [3.63, 3.8) is 0 Å². The van der Waals surface area contributed by atoms with Crippen molar-refractivity contribution in [3.05, 3.63) is 34.9 Å². The van der Waals surface area contributed by atoms with Gasteiger partial charge in [-0.1, -0.05) is 43.2 Å². The van der Waals surface area contributed by atoms with E-state index in [4.69, 9.17) is 5.73 Å². The normalized spacial score (nSPS) is 16.9. The number of rotatable bonds is 7. The number of nitrogens with zero attached hydrogens (tertiary/aromatic N) is 1. The minimum absolute atomic E-state index is 0.140. The molecule has 0 heterocycles. The van der Waals surface area contributed by atoms with Crippen LogP contribution in [0.1, 0.15) is 55.8 Å². The summed E-state index contributed by atoms with van der Waals surface area (Å²) in [4.78, 5) is 2.61. The summed E-state index contributed by atoms with van der Waals surface area (Å²) in [6.07, 6.45) is 3.99. The van der Waals surface area contributed by atoms with E-state index in [1.54, 1.807) is 0 Å². The Labute approximate surface area is 124 Å². The van der Waals surface area contributed by atoms with Crippen LogP contribution in [0.5, 0.6) is 0 Å². The van der Waals surface area contributed by atoms with Gasteiger partial charge < -0.3 is 5.73 Å². The van der Waals surface area contributed by atoms with Crippen molar-refractivity contribution in [2.24, 2.45) is 11.7 Å². The predicted molar refractivity (Wildman–Crippen MR) is 86.9 cm³/mol. The molecule has 2 nitrogen and oxygen atoms in total. The largest absolute Gasteiger partial charge is 0.323 e. The highest BCUT2D eigenvalue weighted by Gasteiger charge is 2.29. The summed E-state index contributed by atoms with van der Waals surface area (Å²) in [5.74, 6) is 0.772. The Kier molecular flexibility index (Phi) is 5.22. The van der Waals surface area contributed by atoms with Crippen LogP contribution in [0.15, 0.2) is 18.2 Å². The molecule has 0 aromatic heterocycles. The molecule has 0 saturated heterocycles. The van der Waals surface area contributed by atoms with Crippen LogP contribution in [-0.2, 0) is 0 Å². The zero-order valence-corrected chi connectivity index (χ0v) is 13.5. The number of nitrogens with two attached hydrogens (primary N) is 1. The lowest BCUT2D eigenvalue weighted by molar-refractivity contribution is 0.233. The average Bonchev–Trinajstić information content (AvgIpc) is 3.16. The Balaban J connectivity index is 1.98. The van der Waals surface area contributed by atoms with Crippen LogP contribution in [0.2, 0.25) is 0 Å². The van der Waals surface area contributed by atoms with E-state index in [0.29, 0.717) is 0 Å². The van der Waals surface area contributed by atoms with E-state index in [1.165, 1.54) is 42.5 Å². The highest BCUT2D eigenvalue weighted by molar-refractivity contribution is 5.30. The van der Waals surface area contributed by atoms with E-state index < -0.39 is 0 Å². The van der Waals surface area contributed by atoms with Crippen LogP contribution in [0.25, 0.3) is 0 Å². The average molecular weight is 274 g/mol. The van der Waals surface area contributed by atoms with E-state index in [0.717, 1.165) is 18.5 Å². The highest BCUT2D eigenvalue weighted by Crippen LogP contribution is 2.29. The minimum atomic E-state index is 0.140. The molecule has 1 aliphatic carbocycles. The third-order valence-electron chi connectivity index (χ3n) is 4.16. The van der Waals surface area contributed by atoms with Crippen molar-refractivity contribution < 1.29 is 0 Å². The smallest absolute Gasteiger partial charge is 0.0424 e. The summed E-state index contributed by atoms with van der Waals surface area (Å²) in [6, 6.07) is 7.64. The van der Waals surface area contributed by atoms with Crippen LogP contribution >= 0.6 is 0 Å². The standard InChI is InChI=1S/C18H30N2/c1-13(2)7-8-20(17-5-6-17)12-18(19)16-10-14(3)9-15(4)11-16/h9-11,13,17-18H,5-8,12,19H2,1-4H3. The fraction of sp³-hybridized carbons (Fsp3) is 0.667. The van der Waals surface area contributed by atoms with Crippen molar-refractivity contribution in [1.29, 1.82) is 0 Å². The number of aryl methyl sites for hydroxylation is 2. The Morgan fingerprint density at radius 3 is 2.25 bits per heavy atom. The first-order valence-corrected chi connectivity index (χ1v) is 8.03. The fourth-order valence-electron chi connectivity index (χ4n) is 2.87. The molecule has 0 amide bonds. The number of hydrogen-bond acceptors (Lipinski definition) is 2. The quantitative estimate of drug-likeness (QED) is 0.819. The summed E-state index contributed by atoms with van der Waals surface area (Å²) in [7, 11) is 0. The molecule has 2 heteroatoms. The number of benzene rings is 1. The molecule has 1 aromatic rings. The van der Waals surface area contributed by atoms with Crippen molar-refractivity contribution in [1.82, 2.24) is 4.90 Å². The molecule has 1 saturated carbocycles. The zero-order chi connectivity index (χ0) is 14.7. The summed E-state index contributed by atoms with van der Waals surface area (Å²) in [6.45, 7) is 11.1.